The number of sulfonamides is 1. The van der Waals surface area contributed by atoms with Crippen LogP contribution >= 0.6 is 15.9 Å². The zero-order valence-corrected chi connectivity index (χ0v) is 14.4. The van der Waals surface area contributed by atoms with Crippen LogP contribution in [0.15, 0.2) is 29.2 Å². The molecule has 0 amide bonds. The van der Waals surface area contributed by atoms with E-state index in [-0.39, 0.29) is 19.2 Å². The smallest absolute Gasteiger partial charge is 0.243 e. The summed E-state index contributed by atoms with van der Waals surface area (Å²) in [6.07, 6.45) is 5.07. The minimum Gasteiger partial charge on any atom is -0.395 e. The Bertz CT molecular complexity index is 539. The predicted molar refractivity (Wildman–Crippen MR) is 86.9 cm³/mol. The molecule has 2 rings (SSSR count). The highest BCUT2D eigenvalue weighted by molar-refractivity contribution is 9.08. The van der Waals surface area contributed by atoms with Gasteiger partial charge in [0.15, 0.2) is 0 Å². The van der Waals surface area contributed by atoms with Crippen molar-refractivity contribution < 1.29 is 13.5 Å². The van der Waals surface area contributed by atoms with Crippen molar-refractivity contribution in [3.05, 3.63) is 29.8 Å². The zero-order chi connectivity index (χ0) is 15.3. The number of halogens is 1. The van der Waals surface area contributed by atoms with Crippen molar-refractivity contribution >= 4 is 26.0 Å². The van der Waals surface area contributed by atoms with Gasteiger partial charge in [0.05, 0.1) is 11.5 Å². The maximum Gasteiger partial charge on any atom is 0.243 e. The molecule has 1 fully saturated rings. The first-order valence-corrected chi connectivity index (χ1v) is 9.93. The Labute approximate surface area is 135 Å². The number of aliphatic hydroxyl groups is 1. The van der Waals surface area contributed by atoms with Gasteiger partial charge in [-0.3, -0.25) is 0 Å². The molecule has 1 aliphatic carbocycles. The van der Waals surface area contributed by atoms with Crippen LogP contribution in [0.4, 0.5) is 0 Å². The Morgan fingerprint density at radius 3 is 2.29 bits per heavy atom. The van der Waals surface area contributed by atoms with Gasteiger partial charge in [-0.25, -0.2) is 8.42 Å². The number of benzene rings is 1. The molecule has 0 aromatic heterocycles. The monoisotopic (exact) mass is 375 g/mol. The van der Waals surface area contributed by atoms with Crippen LogP contribution in [0, 0.1) is 0 Å². The van der Waals surface area contributed by atoms with E-state index in [1.165, 1.54) is 10.7 Å². The van der Waals surface area contributed by atoms with Gasteiger partial charge in [-0.2, -0.15) is 4.31 Å². The molecule has 0 spiro atoms. The van der Waals surface area contributed by atoms with E-state index in [0.717, 1.165) is 31.2 Å². The lowest BCUT2D eigenvalue weighted by molar-refractivity contribution is 0.199. The molecule has 0 radical (unpaired) electrons. The second-order valence-electron chi connectivity index (χ2n) is 5.41. The summed E-state index contributed by atoms with van der Waals surface area (Å²) in [6.45, 7) is 0.0302. The summed E-state index contributed by atoms with van der Waals surface area (Å²) in [5.41, 5.74) is 1.04. The molecule has 21 heavy (non-hydrogen) atoms. The van der Waals surface area contributed by atoms with Crippen molar-refractivity contribution in [2.45, 2.75) is 48.4 Å². The lowest BCUT2D eigenvalue weighted by Gasteiger charge is -2.33. The molecule has 118 valence electrons. The molecule has 0 heterocycles. The first kappa shape index (κ1) is 16.9. The normalized spacial score (nSPS) is 17.3. The van der Waals surface area contributed by atoms with E-state index >= 15 is 0 Å². The van der Waals surface area contributed by atoms with Crippen molar-refractivity contribution in [3.8, 4) is 0 Å². The second-order valence-corrected chi connectivity index (χ2v) is 7.86. The maximum atomic E-state index is 12.8. The Hall–Kier alpha value is -0.430. The lowest BCUT2D eigenvalue weighted by Crippen LogP contribution is -2.43. The molecule has 1 aromatic carbocycles. The largest absolute Gasteiger partial charge is 0.395 e. The number of alkyl halides is 1. The summed E-state index contributed by atoms with van der Waals surface area (Å²) in [7, 11) is -3.53. The van der Waals surface area contributed by atoms with Crippen molar-refractivity contribution in [2.75, 3.05) is 13.2 Å². The second kappa shape index (κ2) is 7.72. The van der Waals surface area contributed by atoms with E-state index in [0.29, 0.717) is 10.2 Å². The van der Waals surface area contributed by atoms with Gasteiger partial charge in [0, 0.05) is 17.9 Å². The average molecular weight is 376 g/mol. The van der Waals surface area contributed by atoms with Gasteiger partial charge in [0.25, 0.3) is 0 Å². The van der Waals surface area contributed by atoms with Crippen LogP contribution in [-0.2, 0) is 15.4 Å². The van der Waals surface area contributed by atoms with Gasteiger partial charge < -0.3 is 5.11 Å². The summed E-state index contributed by atoms with van der Waals surface area (Å²) in [5, 5.41) is 9.95. The van der Waals surface area contributed by atoms with E-state index < -0.39 is 10.0 Å². The molecule has 0 atom stereocenters. The highest BCUT2D eigenvalue weighted by Gasteiger charge is 2.31. The minimum atomic E-state index is -3.53. The van der Waals surface area contributed by atoms with E-state index in [1.54, 1.807) is 12.1 Å². The van der Waals surface area contributed by atoms with Gasteiger partial charge in [0.1, 0.15) is 0 Å². The van der Waals surface area contributed by atoms with Crippen molar-refractivity contribution in [1.29, 1.82) is 0 Å². The fourth-order valence-electron chi connectivity index (χ4n) is 2.85. The molecule has 6 heteroatoms. The third kappa shape index (κ3) is 4.06. The minimum absolute atomic E-state index is 0.0201. The number of aliphatic hydroxyl groups excluding tert-OH is 1. The number of nitrogens with zero attached hydrogens (tertiary/aromatic N) is 1. The molecule has 1 saturated carbocycles. The highest BCUT2D eigenvalue weighted by Crippen LogP contribution is 2.27. The first-order valence-electron chi connectivity index (χ1n) is 7.37. The Morgan fingerprint density at radius 2 is 1.76 bits per heavy atom. The van der Waals surface area contributed by atoms with Gasteiger partial charge in [-0.15, -0.1) is 0 Å². The fraction of sp³-hybridized carbons (Fsp3) is 0.600. The van der Waals surface area contributed by atoms with Crippen LogP contribution in [0.2, 0.25) is 0 Å². The van der Waals surface area contributed by atoms with Crippen LogP contribution in [0.5, 0.6) is 0 Å². The fourth-order valence-corrected chi connectivity index (χ4v) is 4.90. The maximum absolute atomic E-state index is 12.8. The third-order valence-electron chi connectivity index (χ3n) is 3.99. The number of hydrogen-bond acceptors (Lipinski definition) is 3. The van der Waals surface area contributed by atoms with Crippen LogP contribution in [-0.4, -0.2) is 37.0 Å². The summed E-state index contributed by atoms with van der Waals surface area (Å²) in [6, 6.07) is 6.96. The average Bonchev–Trinajstić information content (AvgIpc) is 2.53. The molecule has 1 aromatic rings. The third-order valence-corrected chi connectivity index (χ3v) is 6.60. The molecule has 4 nitrogen and oxygen atoms in total. The van der Waals surface area contributed by atoms with E-state index in [2.05, 4.69) is 15.9 Å². The molecular formula is C15H22BrNO3S. The first-order chi connectivity index (χ1) is 10.1. The number of rotatable bonds is 6. The van der Waals surface area contributed by atoms with Crippen LogP contribution in [0.3, 0.4) is 0 Å². The Morgan fingerprint density at radius 1 is 1.14 bits per heavy atom. The molecule has 0 aliphatic heterocycles. The van der Waals surface area contributed by atoms with Crippen LogP contribution in [0.1, 0.15) is 37.7 Å². The molecule has 0 unspecified atom stereocenters. The van der Waals surface area contributed by atoms with Crippen molar-refractivity contribution in [3.63, 3.8) is 0 Å². The summed E-state index contributed by atoms with van der Waals surface area (Å²) >= 11 is 3.36. The summed E-state index contributed by atoms with van der Waals surface area (Å²) in [4.78, 5) is 0.311. The SMILES string of the molecule is O=S(=O)(c1ccc(CBr)cc1)N(CCO)C1CCCCC1. The Balaban J connectivity index is 2.27. The van der Waals surface area contributed by atoms with E-state index in [9.17, 15) is 13.5 Å². The van der Waals surface area contributed by atoms with Gasteiger partial charge >= 0.3 is 0 Å². The highest BCUT2D eigenvalue weighted by atomic mass is 79.9. The molecule has 0 bridgehead atoms. The zero-order valence-electron chi connectivity index (χ0n) is 12.0. The van der Waals surface area contributed by atoms with Crippen LogP contribution < -0.4 is 0 Å². The molecule has 0 saturated heterocycles. The van der Waals surface area contributed by atoms with E-state index in [1.807, 2.05) is 12.1 Å². The lowest BCUT2D eigenvalue weighted by atomic mass is 9.95. The topological polar surface area (TPSA) is 57.6 Å². The quantitative estimate of drug-likeness (QED) is 0.777. The van der Waals surface area contributed by atoms with Gasteiger partial charge in [0.2, 0.25) is 10.0 Å². The molecular weight excluding hydrogens is 354 g/mol. The Kier molecular flexibility index (Phi) is 6.22. The van der Waals surface area contributed by atoms with Crippen molar-refractivity contribution in [1.82, 2.24) is 4.31 Å². The summed E-state index contributed by atoms with van der Waals surface area (Å²) in [5.74, 6) is 0. The van der Waals surface area contributed by atoms with Crippen LogP contribution in [0.25, 0.3) is 0 Å². The van der Waals surface area contributed by atoms with Gasteiger partial charge in [-0.1, -0.05) is 47.3 Å². The van der Waals surface area contributed by atoms with E-state index in [4.69, 9.17) is 0 Å². The molecule has 1 aliphatic rings. The summed E-state index contributed by atoms with van der Waals surface area (Å²) < 4.78 is 27.1. The standard InChI is InChI=1S/C15H22BrNO3S/c16-12-13-6-8-15(9-7-13)21(19,20)17(10-11-18)14-4-2-1-3-5-14/h6-9,14,18H,1-5,10-12H2. The van der Waals surface area contributed by atoms with Crippen molar-refractivity contribution in [2.24, 2.45) is 0 Å². The van der Waals surface area contributed by atoms with Gasteiger partial charge in [-0.05, 0) is 30.5 Å². The molecule has 1 N–H and O–H groups in total. The number of hydrogen-bond donors (Lipinski definition) is 1. The predicted octanol–water partition coefficient (Wildman–Crippen LogP) is 2.90.